The fourth-order valence-corrected chi connectivity index (χ4v) is 2.92. The van der Waals surface area contributed by atoms with Gasteiger partial charge in [0.05, 0.1) is 18.9 Å². The number of nitrogens with zero attached hydrogens (tertiary/aromatic N) is 3. The van der Waals surface area contributed by atoms with Crippen molar-refractivity contribution in [1.82, 2.24) is 25.3 Å². The van der Waals surface area contributed by atoms with E-state index in [-0.39, 0.29) is 30.6 Å². The Morgan fingerprint density at radius 1 is 1.50 bits per heavy atom. The Balaban J connectivity index is 1.60. The predicted molar refractivity (Wildman–Crippen MR) is 85.4 cm³/mol. The van der Waals surface area contributed by atoms with Crippen LogP contribution < -0.4 is 5.32 Å². The van der Waals surface area contributed by atoms with Gasteiger partial charge in [-0.05, 0) is 18.9 Å². The number of alkyl halides is 3. The lowest BCUT2D eigenvalue weighted by Crippen LogP contribution is -2.32. The standard InChI is InChI=1S/C16H20F3N5O2/c1-9(7-24-13(16(17,18)19)5-10(2)23-24)6-20-15(25)14-11-8-26-4-3-12(11)21-22-14/h5,9H,3-4,6-8H2,1-2H3,(H,20,25)(H,21,22)/t9-/m1/s1. The summed E-state index contributed by atoms with van der Waals surface area (Å²) in [7, 11) is 0. The maximum atomic E-state index is 13.0. The third-order valence-electron chi connectivity index (χ3n) is 4.20. The second-order valence-electron chi connectivity index (χ2n) is 6.50. The number of rotatable bonds is 5. The van der Waals surface area contributed by atoms with E-state index in [0.717, 1.165) is 22.0 Å². The van der Waals surface area contributed by atoms with E-state index < -0.39 is 11.9 Å². The average Bonchev–Trinajstić information content (AvgIpc) is 3.16. The van der Waals surface area contributed by atoms with E-state index in [4.69, 9.17) is 4.74 Å². The maximum Gasteiger partial charge on any atom is 0.433 e. The highest BCUT2D eigenvalue weighted by Gasteiger charge is 2.35. The van der Waals surface area contributed by atoms with Gasteiger partial charge in [-0.15, -0.1) is 0 Å². The van der Waals surface area contributed by atoms with Crippen LogP contribution in [0.5, 0.6) is 0 Å². The molecule has 0 saturated carbocycles. The van der Waals surface area contributed by atoms with E-state index in [2.05, 4.69) is 20.6 Å². The average molecular weight is 371 g/mol. The molecule has 26 heavy (non-hydrogen) atoms. The topological polar surface area (TPSA) is 84.8 Å². The highest BCUT2D eigenvalue weighted by molar-refractivity contribution is 5.93. The summed E-state index contributed by atoms with van der Waals surface area (Å²) >= 11 is 0. The second kappa shape index (κ2) is 7.10. The van der Waals surface area contributed by atoms with Gasteiger partial charge in [0.15, 0.2) is 5.69 Å². The van der Waals surface area contributed by atoms with Crippen molar-refractivity contribution in [2.24, 2.45) is 5.92 Å². The lowest BCUT2D eigenvalue weighted by molar-refractivity contribution is -0.144. The van der Waals surface area contributed by atoms with E-state index in [0.29, 0.717) is 25.3 Å². The van der Waals surface area contributed by atoms with Crippen molar-refractivity contribution >= 4 is 5.91 Å². The highest BCUT2D eigenvalue weighted by Crippen LogP contribution is 2.30. The first-order valence-electron chi connectivity index (χ1n) is 8.29. The molecular weight excluding hydrogens is 351 g/mol. The van der Waals surface area contributed by atoms with E-state index in [1.54, 1.807) is 6.92 Å². The monoisotopic (exact) mass is 371 g/mol. The van der Waals surface area contributed by atoms with Gasteiger partial charge in [0.1, 0.15) is 5.69 Å². The van der Waals surface area contributed by atoms with Crippen LogP contribution in [0.25, 0.3) is 0 Å². The van der Waals surface area contributed by atoms with E-state index >= 15 is 0 Å². The van der Waals surface area contributed by atoms with Gasteiger partial charge in [-0.2, -0.15) is 23.4 Å². The molecule has 0 aromatic carbocycles. The zero-order chi connectivity index (χ0) is 18.9. The smallest absolute Gasteiger partial charge is 0.376 e. The molecule has 0 bridgehead atoms. The lowest BCUT2D eigenvalue weighted by Gasteiger charge is -2.16. The van der Waals surface area contributed by atoms with Gasteiger partial charge in [0, 0.05) is 30.8 Å². The van der Waals surface area contributed by atoms with E-state index in [1.165, 1.54) is 6.92 Å². The quantitative estimate of drug-likeness (QED) is 0.843. The Morgan fingerprint density at radius 2 is 2.27 bits per heavy atom. The van der Waals surface area contributed by atoms with Crippen molar-refractivity contribution in [3.8, 4) is 0 Å². The van der Waals surface area contributed by atoms with Crippen molar-refractivity contribution < 1.29 is 22.7 Å². The minimum absolute atomic E-state index is 0.0464. The van der Waals surface area contributed by atoms with Crippen LogP contribution in [0.1, 0.15) is 40.1 Å². The number of halogens is 3. The zero-order valence-electron chi connectivity index (χ0n) is 14.5. The summed E-state index contributed by atoms with van der Waals surface area (Å²) in [6, 6.07) is 1.02. The summed E-state index contributed by atoms with van der Waals surface area (Å²) < 4.78 is 45.3. The van der Waals surface area contributed by atoms with Crippen LogP contribution in [-0.4, -0.2) is 39.0 Å². The predicted octanol–water partition coefficient (Wildman–Crippen LogP) is 2.07. The molecule has 0 saturated heterocycles. The largest absolute Gasteiger partial charge is 0.433 e. The second-order valence-corrected chi connectivity index (χ2v) is 6.50. The van der Waals surface area contributed by atoms with Gasteiger partial charge in [-0.3, -0.25) is 14.6 Å². The maximum absolute atomic E-state index is 13.0. The van der Waals surface area contributed by atoms with Crippen LogP contribution in [0.2, 0.25) is 0 Å². The van der Waals surface area contributed by atoms with Gasteiger partial charge >= 0.3 is 6.18 Å². The normalized spacial score (nSPS) is 15.6. The number of H-pyrrole nitrogens is 1. The molecule has 3 heterocycles. The molecule has 2 aromatic heterocycles. The first kappa shape index (κ1) is 18.4. The number of carbonyl (C=O) groups excluding carboxylic acids is 1. The van der Waals surface area contributed by atoms with Gasteiger partial charge in [-0.25, -0.2) is 0 Å². The summed E-state index contributed by atoms with van der Waals surface area (Å²) in [6.45, 7) is 4.42. The number of ether oxygens (including phenoxy) is 1. The molecule has 0 aliphatic carbocycles. The zero-order valence-corrected chi connectivity index (χ0v) is 14.5. The van der Waals surface area contributed by atoms with Crippen molar-refractivity contribution in [1.29, 1.82) is 0 Å². The first-order valence-corrected chi connectivity index (χ1v) is 8.29. The SMILES string of the molecule is Cc1cc(C(F)(F)F)n(C[C@H](C)CNC(=O)c2n[nH]c3c2COCC3)n1. The third-order valence-corrected chi connectivity index (χ3v) is 4.20. The van der Waals surface area contributed by atoms with Gasteiger partial charge in [0.25, 0.3) is 5.91 Å². The molecule has 2 aromatic rings. The number of aryl methyl sites for hydroxylation is 1. The molecule has 10 heteroatoms. The molecule has 0 spiro atoms. The molecule has 3 rings (SSSR count). The fraction of sp³-hybridized carbons (Fsp3) is 0.562. The van der Waals surface area contributed by atoms with Crippen molar-refractivity contribution in [2.45, 2.75) is 39.6 Å². The van der Waals surface area contributed by atoms with Crippen LogP contribution in [0.15, 0.2) is 6.07 Å². The van der Waals surface area contributed by atoms with Gasteiger partial charge < -0.3 is 10.1 Å². The molecule has 0 radical (unpaired) electrons. The number of nitrogens with one attached hydrogen (secondary N) is 2. The Labute approximate surface area is 147 Å². The van der Waals surface area contributed by atoms with Crippen LogP contribution in [-0.2, 0) is 30.5 Å². The first-order chi connectivity index (χ1) is 12.3. The van der Waals surface area contributed by atoms with Crippen LogP contribution >= 0.6 is 0 Å². The number of amides is 1. The van der Waals surface area contributed by atoms with Crippen LogP contribution in [0.3, 0.4) is 0 Å². The molecule has 142 valence electrons. The minimum Gasteiger partial charge on any atom is -0.376 e. The van der Waals surface area contributed by atoms with E-state index in [1.807, 2.05) is 0 Å². The minimum atomic E-state index is -4.46. The van der Waals surface area contributed by atoms with Crippen LogP contribution in [0, 0.1) is 12.8 Å². The number of hydrogen-bond donors (Lipinski definition) is 2. The number of aromatic nitrogens is 4. The van der Waals surface area contributed by atoms with Gasteiger partial charge in [-0.1, -0.05) is 6.92 Å². The molecule has 1 atom stereocenters. The molecule has 0 unspecified atom stereocenters. The molecule has 2 N–H and O–H groups in total. The van der Waals surface area contributed by atoms with Crippen molar-refractivity contribution in [3.05, 3.63) is 34.4 Å². The third kappa shape index (κ3) is 3.90. The Bertz CT molecular complexity index is 796. The Kier molecular flexibility index (Phi) is 5.03. The van der Waals surface area contributed by atoms with Crippen molar-refractivity contribution in [2.75, 3.05) is 13.2 Å². The van der Waals surface area contributed by atoms with E-state index in [9.17, 15) is 18.0 Å². The Morgan fingerprint density at radius 3 is 3.00 bits per heavy atom. The molecule has 0 fully saturated rings. The summed E-state index contributed by atoms with van der Waals surface area (Å²) in [5.41, 5.74) is 1.42. The summed E-state index contributed by atoms with van der Waals surface area (Å²) in [5, 5.41) is 13.5. The molecule has 1 aliphatic heterocycles. The molecular formula is C16H20F3N5O2. The number of aromatic amines is 1. The molecule has 7 nitrogen and oxygen atoms in total. The Hall–Kier alpha value is -2.36. The summed E-state index contributed by atoms with van der Waals surface area (Å²) in [5.74, 6) is -0.613. The summed E-state index contributed by atoms with van der Waals surface area (Å²) in [4.78, 5) is 12.3. The highest BCUT2D eigenvalue weighted by atomic mass is 19.4. The fourth-order valence-electron chi connectivity index (χ4n) is 2.92. The number of hydrogen-bond acceptors (Lipinski definition) is 4. The molecule has 1 amide bonds. The molecule has 1 aliphatic rings. The van der Waals surface area contributed by atoms with Gasteiger partial charge in [0.2, 0.25) is 0 Å². The lowest BCUT2D eigenvalue weighted by atomic mass is 10.1. The van der Waals surface area contributed by atoms with Crippen LogP contribution in [0.4, 0.5) is 13.2 Å². The summed E-state index contributed by atoms with van der Waals surface area (Å²) in [6.07, 6.45) is -3.79. The number of fused-ring (bicyclic) bond motifs is 1. The number of carbonyl (C=O) groups is 1. The van der Waals surface area contributed by atoms with Crippen molar-refractivity contribution in [3.63, 3.8) is 0 Å².